The first kappa shape index (κ1) is 27.2. The SMILES string of the molecule is CCCCCCCCC(=O)N1CCCC(C(=O)N[C@@H]2CCCC[C@H]2NC(=O)c2ccccc2C)C1. The quantitative estimate of drug-likeness (QED) is 0.428. The van der Waals surface area contributed by atoms with Gasteiger partial charge in [0.15, 0.2) is 0 Å². The van der Waals surface area contributed by atoms with Crippen molar-refractivity contribution in [3.8, 4) is 0 Å². The maximum atomic E-state index is 13.2. The summed E-state index contributed by atoms with van der Waals surface area (Å²) in [5.41, 5.74) is 1.64. The van der Waals surface area contributed by atoms with Crippen molar-refractivity contribution in [1.82, 2.24) is 15.5 Å². The topological polar surface area (TPSA) is 78.5 Å². The molecule has 1 aliphatic heterocycles. The van der Waals surface area contributed by atoms with Crippen LogP contribution in [0, 0.1) is 12.8 Å². The van der Waals surface area contributed by atoms with E-state index in [0.29, 0.717) is 18.5 Å². The molecule has 1 aromatic rings. The lowest BCUT2D eigenvalue weighted by molar-refractivity contribution is -0.136. The van der Waals surface area contributed by atoms with Crippen LogP contribution in [0.25, 0.3) is 0 Å². The molecule has 0 aromatic heterocycles. The predicted octanol–water partition coefficient (Wildman–Crippen LogP) is 5.14. The summed E-state index contributed by atoms with van der Waals surface area (Å²) >= 11 is 0. The van der Waals surface area contributed by atoms with Crippen molar-refractivity contribution >= 4 is 17.7 Å². The fraction of sp³-hybridized carbons (Fsp3) is 0.690. The van der Waals surface area contributed by atoms with Crippen molar-refractivity contribution in [2.75, 3.05) is 13.1 Å². The van der Waals surface area contributed by atoms with E-state index < -0.39 is 0 Å². The van der Waals surface area contributed by atoms with Crippen molar-refractivity contribution in [3.05, 3.63) is 35.4 Å². The van der Waals surface area contributed by atoms with Gasteiger partial charge in [-0.05, 0) is 50.7 Å². The second-order valence-corrected chi connectivity index (χ2v) is 10.5. The molecule has 1 saturated carbocycles. The van der Waals surface area contributed by atoms with E-state index in [1.807, 2.05) is 36.1 Å². The molecule has 3 rings (SSSR count). The second-order valence-electron chi connectivity index (χ2n) is 10.5. The zero-order chi connectivity index (χ0) is 25.0. The van der Waals surface area contributed by atoms with Gasteiger partial charge in [-0.3, -0.25) is 14.4 Å². The van der Waals surface area contributed by atoms with Gasteiger partial charge >= 0.3 is 0 Å². The number of carbonyl (C=O) groups excluding carboxylic acids is 3. The maximum absolute atomic E-state index is 13.2. The van der Waals surface area contributed by atoms with Gasteiger partial charge in [0.1, 0.15) is 0 Å². The van der Waals surface area contributed by atoms with Crippen molar-refractivity contribution in [1.29, 1.82) is 0 Å². The summed E-state index contributed by atoms with van der Waals surface area (Å²) in [5, 5.41) is 6.43. The van der Waals surface area contributed by atoms with Crippen LogP contribution >= 0.6 is 0 Å². The smallest absolute Gasteiger partial charge is 0.251 e. The van der Waals surface area contributed by atoms with Gasteiger partial charge in [-0.15, -0.1) is 0 Å². The molecule has 1 unspecified atom stereocenters. The fourth-order valence-electron chi connectivity index (χ4n) is 5.48. The molecule has 3 atom stereocenters. The summed E-state index contributed by atoms with van der Waals surface area (Å²) in [7, 11) is 0. The Morgan fingerprint density at radius 1 is 0.886 bits per heavy atom. The van der Waals surface area contributed by atoms with Crippen LogP contribution in [-0.4, -0.2) is 47.8 Å². The molecule has 0 spiro atoms. The monoisotopic (exact) mass is 483 g/mol. The minimum atomic E-state index is -0.160. The van der Waals surface area contributed by atoms with Gasteiger partial charge in [-0.2, -0.15) is 0 Å². The number of rotatable bonds is 11. The van der Waals surface area contributed by atoms with Crippen LogP contribution in [0.2, 0.25) is 0 Å². The van der Waals surface area contributed by atoms with Crippen molar-refractivity contribution in [2.45, 2.75) is 109 Å². The van der Waals surface area contributed by atoms with Crippen molar-refractivity contribution < 1.29 is 14.4 Å². The minimum absolute atomic E-state index is 0.0316. The maximum Gasteiger partial charge on any atom is 0.251 e. The molecule has 0 radical (unpaired) electrons. The lowest BCUT2D eigenvalue weighted by atomic mass is 9.88. The third-order valence-electron chi connectivity index (χ3n) is 7.69. The lowest BCUT2D eigenvalue weighted by Crippen LogP contribution is -2.55. The Balaban J connectivity index is 1.48. The molecule has 1 aromatic carbocycles. The van der Waals surface area contributed by atoms with Gasteiger partial charge in [0.2, 0.25) is 11.8 Å². The normalized spacial score (nSPS) is 22.5. The van der Waals surface area contributed by atoms with Crippen LogP contribution in [0.4, 0.5) is 0 Å². The summed E-state index contributed by atoms with van der Waals surface area (Å²) in [5.74, 6) is -0.00610. The summed E-state index contributed by atoms with van der Waals surface area (Å²) in [6.45, 7) is 5.44. The molecule has 3 amide bonds. The van der Waals surface area contributed by atoms with Gasteiger partial charge in [-0.1, -0.05) is 70.1 Å². The average molecular weight is 484 g/mol. The largest absolute Gasteiger partial charge is 0.351 e. The van der Waals surface area contributed by atoms with E-state index in [-0.39, 0.29) is 35.7 Å². The fourth-order valence-corrected chi connectivity index (χ4v) is 5.48. The number of piperidine rings is 1. The lowest BCUT2D eigenvalue weighted by Gasteiger charge is -2.36. The Kier molecular flexibility index (Phi) is 11.1. The van der Waals surface area contributed by atoms with E-state index in [2.05, 4.69) is 17.6 Å². The average Bonchev–Trinajstić information content (AvgIpc) is 2.87. The summed E-state index contributed by atoms with van der Waals surface area (Å²) < 4.78 is 0. The van der Waals surface area contributed by atoms with Crippen molar-refractivity contribution in [3.63, 3.8) is 0 Å². The summed E-state index contributed by atoms with van der Waals surface area (Å²) in [6.07, 6.45) is 13.2. The van der Waals surface area contributed by atoms with Gasteiger partial charge < -0.3 is 15.5 Å². The first-order valence-electron chi connectivity index (χ1n) is 13.9. The van der Waals surface area contributed by atoms with Gasteiger partial charge in [-0.25, -0.2) is 0 Å². The Morgan fingerprint density at radius 3 is 2.31 bits per heavy atom. The summed E-state index contributed by atoms with van der Waals surface area (Å²) in [6, 6.07) is 7.48. The number of hydrogen-bond acceptors (Lipinski definition) is 3. The molecule has 6 nitrogen and oxygen atoms in total. The highest BCUT2D eigenvalue weighted by Crippen LogP contribution is 2.23. The molecule has 2 aliphatic rings. The van der Waals surface area contributed by atoms with Crippen LogP contribution in [0.15, 0.2) is 24.3 Å². The van der Waals surface area contributed by atoms with Crippen LogP contribution in [0.3, 0.4) is 0 Å². The third kappa shape index (κ3) is 8.36. The van der Waals surface area contributed by atoms with E-state index in [1.54, 1.807) is 0 Å². The number of amides is 3. The van der Waals surface area contributed by atoms with Crippen LogP contribution in [0.5, 0.6) is 0 Å². The molecule has 0 bridgehead atoms. The number of carbonyl (C=O) groups is 3. The standard InChI is InChI=1S/C29H45N3O3/c1-3-4-5-6-7-8-19-27(33)32-20-13-15-23(21-32)28(34)30-25-17-11-12-18-26(25)31-29(35)24-16-10-9-14-22(24)2/h9-10,14,16,23,25-26H,3-8,11-13,15,17-21H2,1-2H3,(H,30,34)(H,31,35)/t23?,25-,26-/m1/s1. The highest BCUT2D eigenvalue weighted by Gasteiger charge is 2.33. The van der Waals surface area contributed by atoms with E-state index in [4.69, 9.17) is 0 Å². The number of likely N-dealkylation sites (tertiary alicyclic amines) is 1. The minimum Gasteiger partial charge on any atom is -0.351 e. The van der Waals surface area contributed by atoms with E-state index in [9.17, 15) is 14.4 Å². The van der Waals surface area contributed by atoms with E-state index in [1.165, 1.54) is 25.7 Å². The number of hydrogen-bond donors (Lipinski definition) is 2. The molecule has 1 aliphatic carbocycles. The molecular formula is C29H45N3O3. The van der Waals surface area contributed by atoms with Crippen LogP contribution < -0.4 is 10.6 Å². The Hall–Kier alpha value is -2.37. The Morgan fingerprint density at radius 2 is 1.57 bits per heavy atom. The molecule has 35 heavy (non-hydrogen) atoms. The van der Waals surface area contributed by atoms with E-state index >= 15 is 0 Å². The molecule has 194 valence electrons. The van der Waals surface area contributed by atoms with E-state index in [0.717, 1.165) is 63.5 Å². The first-order valence-corrected chi connectivity index (χ1v) is 13.9. The van der Waals surface area contributed by atoms with Crippen molar-refractivity contribution in [2.24, 2.45) is 5.92 Å². The van der Waals surface area contributed by atoms with Crippen LogP contribution in [-0.2, 0) is 9.59 Å². The van der Waals surface area contributed by atoms with Gasteiger partial charge in [0.05, 0.1) is 5.92 Å². The number of unbranched alkanes of at least 4 members (excludes halogenated alkanes) is 5. The predicted molar refractivity (Wildman–Crippen MR) is 140 cm³/mol. The molecule has 2 fully saturated rings. The zero-order valence-electron chi connectivity index (χ0n) is 21.8. The number of nitrogens with one attached hydrogen (secondary N) is 2. The number of nitrogens with zero attached hydrogens (tertiary/aromatic N) is 1. The van der Waals surface area contributed by atoms with Crippen LogP contribution in [0.1, 0.15) is 106 Å². The molecule has 6 heteroatoms. The van der Waals surface area contributed by atoms with Gasteiger partial charge in [0, 0.05) is 37.2 Å². The Bertz CT molecular complexity index is 840. The van der Waals surface area contributed by atoms with Gasteiger partial charge in [0.25, 0.3) is 5.91 Å². The highest BCUT2D eigenvalue weighted by atomic mass is 16.2. The summed E-state index contributed by atoms with van der Waals surface area (Å²) in [4.78, 5) is 40.7. The zero-order valence-corrected chi connectivity index (χ0v) is 21.8. The molecule has 1 heterocycles. The third-order valence-corrected chi connectivity index (χ3v) is 7.69. The Labute approximate surface area is 211 Å². The number of aryl methyl sites for hydroxylation is 1. The molecule has 1 saturated heterocycles. The highest BCUT2D eigenvalue weighted by molar-refractivity contribution is 5.95. The first-order chi connectivity index (χ1) is 17.0. The second kappa shape index (κ2) is 14.3. The number of benzene rings is 1. The molecular weight excluding hydrogens is 438 g/mol. The molecule has 2 N–H and O–H groups in total.